The molecule has 1 aromatic carbocycles. The lowest BCUT2D eigenvalue weighted by molar-refractivity contribution is -0.0498. The van der Waals surface area contributed by atoms with Crippen molar-refractivity contribution in [2.75, 3.05) is 0 Å². The minimum atomic E-state index is -2.85. The van der Waals surface area contributed by atoms with E-state index in [9.17, 15) is 8.78 Å². The predicted octanol–water partition coefficient (Wildman–Crippen LogP) is 3.02. The summed E-state index contributed by atoms with van der Waals surface area (Å²) in [6.45, 7) is 3.00. The van der Waals surface area contributed by atoms with Gasteiger partial charge in [-0.1, -0.05) is 38.1 Å². The molecule has 2 aromatic rings. The Morgan fingerprint density at radius 1 is 1.19 bits per heavy atom. The second kappa shape index (κ2) is 5.77. The molecular weight excluding hydrogens is 280 g/mol. The van der Waals surface area contributed by atoms with E-state index in [0.29, 0.717) is 17.3 Å². The van der Waals surface area contributed by atoms with Crippen LogP contribution in [0.1, 0.15) is 44.1 Å². The van der Waals surface area contributed by atoms with Crippen LogP contribution in [0.5, 0.6) is 5.75 Å². The highest BCUT2D eigenvalue weighted by molar-refractivity contribution is 5.31. The van der Waals surface area contributed by atoms with Gasteiger partial charge in [-0.05, 0) is 17.7 Å². The molecule has 0 bridgehead atoms. The molecule has 1 heterocycles. The average Bonchev–Trinajstić information content (AvgIpc) is 2.87. The monoisotopic (exact) mass is 297 g/mol. The van der Waals surface area contributed by atoms with Crippen LogP contribution in [0.4, 0.5) is 8.78 Å². The maximum absolute atomic E-state index is 12.1. The third-order valence-corrected chi connectivity index (χ3v) is 2.83. The summed E-state index contributed by atoms with van der Waals surface area (Å²) in [7, 11) is 0. The van der Waals surface area contributed by atoms with Crippen molar-refractivity contribution in [2.45, 2.75) is 38.8 Å². The Morgan fingerprint density at radius 2 is 1.81 bits per heavy atom. The number of aromatic nitrogens is 2. The van der Waals surface area contributed by atoms with Crippen LogP contribution in [0.2, 0.25) is 0 Å². The highest BCUT2D eigenvalue weighted by atomic mass is 19.3. The maximum Gasteiger partial charge on any atom is 0.387 e. The molecule has 0 amide bonds. The zero-order valence-corrected chi connectivity index (χ0v) is 12.0. The predicted molar refractivity (Wildman–Crippen MR) is 72.1 cm³/mol. The van der Waals surface area contributed by atoms with E-state index in [0.717, 1.165) is 0 Å². The molecule has 0 aliphatic carbocycles. The van der Waals surface area contributed by atoms with Gasteiger partial charge in [0.1, 0.15) is 5.75 Å². The first kappa shape index (κ1) is 15.4. The van der Waals surface area contributed by atoms with Crippen LogP contribution in [-0.2, 0) is 5.41 Å². The SMILES string of the molecule is CC(C)(C)c1nc(C(N)c2ccc(OC(F)F)cc2)no1. The molecule has 0 saturated carbocycles. The molecule has 0 saturated heterocycles. The van der Waals surface area contributed by atoms with Gasteiger partial charge in [-0.2, -0.15) is 13.8 Å². The van der Waals surface area contributed by atoms with E-state index in [2.05, 4.69) is 14.9 Å². The van der Waals surface area contributed by atoms with Gasteiger partial charge in [0.15, 0.2) is 5.82 Å². The van der Waals surface area contributed by atoms with Crippen LogP contribution in [0, 0.1) is 0 Å². The number of halogens is 2. The summed E-state index contributed by atoms with van der Waals surface area (Å²) in [4.78, 5) is 4.27. The van der Waals surface area contributed by atoms with E-state index in [1.165, 1.54) is 12.1 Å². The fourth-order valence-corrected chi connectivity index (χ4v) is 1.67. The van der Waals surface area contributed by atoms with Gasteiger partial charge in [0.25, 0.3) is 0 Å². The van der Waals surface area contributed by atoms with Gasteiger partial charge in [-0.3, -0.25) is 0 Å². The van der Waals surface area contributed by atoms with Crippen molar-refractivity contribution in [1.82, 2.24) is 10.1 Å². The van der Waals surface area contributed by atoms with Crippen LogP contribution in [0.3, 0.4) is 0 Å². The highest BCUT2D eigenvalue weighted by Crippen LogP contribution is 2.24. The molecule has 0 spiro atoms. The molecule has 5 nitrogen and oxygen atoms in total. The Kier molecular flexibility index (Phi) is 4.22. The standard InChI is InChI=1S/C14H17F2N3O2/c1-14(2,3)12-18-11(19-21-12)10(17)8-4-6-9(7-5-8)20-13(15)16/h4-7,10,13H,17H2,1-3H3. The summed E-state index contributed by atoms with van der Waals surface area (Å²) in [5.74, 6) is 0.914. The Labute approximate surface area is 121 Å². The van der Waals surface area contributed by atoms with Crippen molar-refractivity contribution in [1.29, 1.82) is 0 Å². The van der Waals surface area contributed by atoms with Crippen molar-refractivity contribution in [3.8, 4) is 5.75 Å². The Morgan fingerprint density at radius 3 is 2.29 bits per heavy atom. The zero-order chi connectivity index (χ0) is 15.6. The number of nitrogens with two attached hydrogens (primary N) is 1. The molecule has 2 N–H and O–H groups in total. The lowest BCUT2D eigenvalue weighted by Gasteiger charge is -2.11. The van der Waals surface area contributed by atoms with Gasteiger partial charge in [0.05, 0.1) is 6.04 Å². The zero-order valence-electron chi connectivity index (χ0n) is 12.0. The first-order valence-electron chi connectivity index (χ1n) is 6.42. The summed E-state index contributed by atoms with van der Waals surface area (Å²) in [5, 5.41) is 3.87. The van der Waals surface area contributed by atoms with E-state index in [4.69, 9.17) is 10.3 Å². The third kappa shape index (κ3) is 3.75. The van der Waals surface area contributed by atoms with Crippen LogP contribution in [-0.4, -0.2) is 16.8 Å². The summed E-state index contributed by atoms with van der Waals surface area (Å²) in [6, 6.07) is 5.44. The summed E-state index contributed by atoms with van der Waals surface area (Å²) in [6.07, 6.45) is 0. The fraction of sp³-hybridized carbons (Fsp3) is 0.429. The van der Waals surface area contributed by atoms with Crippen LogP contribution in [0.15, 0.2) is 28.8 Å². The fourth-order valence-electron chi connectivity index (χ4n) is 1.67. The van der Waals surface area contributed by atoms with Gasteiger partial charge in [0, 0.05) is 5.41 Å². The second-order valence-corrected chi connectivity index (χ2v) is 5.63. The molecule has 2 rings (SSSR count). The van der Waals surface area contributed by atoms with Gasteiger partial charge in [-0.25, -0.2) is 0 Å². The number of ether oxygens (including phenoxy) is 1. The van der Waals surface area contributed by atoms with Crippen molar-refractivity contribution in [3.63, 3.8) is 0 Å². The average molecular weight is 297 g/mol. The first-order valence-corrected chi connectivity index (χ1v) is 6.42. The number of hydrogen-bond acceptors (Lipinski definition) is 5. The van der Waals surface area contributed by atoms with Gasteiger partial charge in [0.2, 0.25) is 5.89 Å². The van der Waals surface area contributed by atoms with Gasteiger partial charge >= 0.3 is 6.61 Å². The molecule has 1 aromatic heterocycles. The molecule has 114 valence electrons. The van der Waals surface area contributed by atoms with Crippen LogP contribution >= 0.6 is 0 Å². The van der Waals surface area contributed by atoms with E-state index >= 15 is 0 Å². The van der Waals surface area contributed by atoms with Crippen LogP contribution < -0.4 is 10.5 Å². The lowest BCUT2D eigenvalue weighted by Crippen LogP contribution is -2.15. The van der Waals surface area contributed by atoms with Crippen molar-refractivity contribution < 1.29 is 18.0 Å². The molecule has 0 fully saturated rings. The van der Waals surface area contributed by atoms with E-state index in [1.54, 1.807) is 12.1 Å². The Balaban J connectivity index is 2.16. The normalized spacial score (nSPS) is 13.5. The van der Waals surface area contributed by atoms with E-state index < -0.39 is 12.7 Å². The lowest BCUT2D eigenvalue weighted by atomic mass is 9.97. The van der Waals surface area contributed by atoms with Crippen molar-refractivity contribution in [3.05, 3.63) is 41.5 Å². The highest BCUT2D eigenvalue weighted by Gasteiger charge is 2.24. The maximum atomic E-state index is 12.1. The van der Waals surface area contributed by atoms with Crippen molar-refractivity contribution in [2.24, 2.45) is 5.73 Å². The number of nitrogens with zero attached hydrogens (tertiary/aromatic N) is 2. The van der Waals surface area contributed by atoms with Gasteiger partial charge in [-0.15, -0.1) is 0 Å². The Bertz CT molecular complexity index is 591. The summed E-state index contributed by atoms with van der Waals surface area (Å²) in [5.41, 5.74) is 6.46. The molecule has 0 radical (unpaired) electrons. The number of hydrogen-bond donors (Lipinski definition) is 1. The Hall–Kier alpha value is -2.02. The number of alkyl halides is 2. The first-order chi connectivity index (χ1) is 9.77. The number of benzene rings is 1. The third-order valence-electron chi connectivity index (χ3n) is 2.83. The molecule has 1 atom stereocenters. The van der Waals surface area contributed by atoms with E-state index in [-0.39, 0.29) is 11.2 Å². The molecule has 21 heavy (non-hydrogen) atoms. The summed E-state index contributed by atoms with van der Waals surface area (Å²) < 4.78 is 33.6. The molecule has 0 aliphatic heterocycles. The van der Waals surface area contributed by atoms with Crippen LogP contribution in [0.25, 0.3) is 0 Å². The number of rotatable bonds is 4. The molecular formula is C14H17F2N3O2. The second-order valence-electron chi connectivity index (χ2n) is 5.63. The quantitative estimate of drug-likeness (QED) is 0.939. The van der Waals surface area contributed by atoms with Gasteiger partial charge < -0.3 is 15.0 Å². The largest absolute Gasteiger partial charge is 0.435 e. The minimum absolute atomic E-state index is 0.0736. The topological polar surface area (TPSA) is 74.2 Å². The molecule has 1 unspecified atom stereocenters. The smallest absolute Gasteiger partial charge is 0.387 e. The summed E-state index contributed by atoms with van der Waals surface area (Å²) >= 11 is 0. The molecule has 0 aliphatic rings. The minimum Gasteiger partial charge on any atom is -0.435 e. The van der Waals surface area contributed by atoms with E-state index in [1.807, 2.05) is 20.8 Å². The van der Waals surface area contributed by atoms with Crippen molar-refractivity contribution >= 4 is 0 Å². The molecule has 7 heteroatoms.